The minimum absolute atomic E-state index is 0.516. The van der Waals surface area contributed by atoms with E-state index in [0.29, 0.717) is 12.6 Å². The number of nitrogens with zero attached hydrogens (tertiary/aromatic N) is 3. The zero-order valence-corrected chi connectivity index (χ0v) is 11.9. The highest BCUT2D eigenvalue weighted by Crippen LogP contribution is 2.15. The first-order valence-electron chi connectivity index (χ1n) is 7.16. The molecule has 0 unspecified atom stereocenters. The highest BCUT2D eigenvalue weighted by atomic mass is 15.3. The smallest absolute Gasteiger partial charge is 0.0821 e. The van der Waals surface area contributed by atoms with Crippen molar-refractivity contribution in [2.24, 2.45) is 5.73 Å². The van der Waals surface area contributed by atoms with Crippen LogP contribution in [0.1, 0.15) is 44.1 Å². The van der Waals surface area contributed by atoms with Gasteiger partial charge in [0.25, 0.3) is 0 Å². The summed E-state index contributed by atoms with van der Waals surface area (Å²) in [6.07, 6.45) is 7.36. The van der Waals surface area contributed by atoms with Crippen molar-refractivity contribution in [3.05, 3.63) is 42.0 Å². The predicted octanol–water partition coefficient (Wildman–Crippen LogP) is 2.60. The molecule has 0 aromatic carbocycles. The van der Waals surface area contributed by atoms with Crippen molar-refractivity contribution < 1.29 is 0 Å². The van der Waals surface area contributed by atoms with Gasteiger partial charge >= 0.3 is 0 Å². The fourth-order valence-electron chi connectivity index (χ4n) is 2.48. The summed E-state index contributed by atoms with van der Waals surface area (Å²) in [6.45, 7) is 5.93. The Kier molecular flexibility index (Phi) is 4.80. The van der Waals surface area contributed by atoms with Gasteiger partial charge in [0, 0.05) is 18.1 Å². The molecule has 0 aliphatic carbocycles. The molecule has 2 heterocycles. The highest BCUT2D eigenvalue weighted by Gasteiger charge is 2.09. The molecule has 0 saturated heterocycles. The minimum atomic E-state index is 0.516. The van der Waals surface area contributed by atoms with E-state index in [-0.39, 0.29) is 0 Å². The van der Waals surface area contributed by atoms with Crippen molar-refractivity contribution in [1.29, 1.82) is 0 Å². The average molecular weight is 260 g/mol. The fraction of sp³-hybridized carbons (Fsp3) is 0.533. The van der Waals surface area contributed by atoms with E-state index in [1.165, 1.54) is 5.69 Å². The van der Waals surface area contributed by atoms with Crippen LogP contribution in [0.15, 0.2) is 30.6 Å². The van der Waals surface area contributed by atoms with E-state index in [1.54, 1.807) is 0 Å². The summed E-state index contributed by atoms with van der Waals surface area (Å²) >= 11 is 0. The van der Waals surface area contributed by atoms with Crippen LogP contribution in [-0.2, 0) is 13.0 Å². The van der Waals surface area contributed by atoms with Crippen molar-refractivity contribution in [1.82, 2.24) is 14.3 Å². The van der Waals surface area contributed by atoms with Crippen LogP contribution in [0, 0.1) is 0 Å². The van der Waals surface area contributed by atoms with Crippen molar-refractivity contribution in [3.8, 4) is 0 Å². The normalized spacial score (nSPS) is 11.4. The molecule has 0 saturated carbocycles. The lowest BCUT2D eigenvalue weighted by Gasteiger charge is -2.12. The second-order valence-electron chi connectivity index (χ2n) is 4.92. The standard InChI is InChI=1S/C15H24N4/c1-3-14(4-2)19-11-8-13(17-19)12-18-10-5-6-15(18)7-9-16/h5-6,8,10-11,14H,3-4,7,9,12,16H2,1-2H3. The molecule has 0 atom stereocenters. The minimum Gasteiger partial charge on any atom is -0.345 e. The molecule has 2 aromatic rings. The van der Waals surface area contributed by atoms with E-state index in [4.69, 9.17) is 10.8 Å². The molecule has 0 radical (unpaired) electrons. The molecule has 0 spiro atoms. The molecule has 104 valence electrons. The lowest BCUT2D eigenvalue weighted by atomic mass is 10.2. The van der Waals surface area contributed by atoms with Gasteiger partial charge in [-0.3, -0.25) is 4.68 Å². The average Bonchev–Trinajstić information content (AvgIpc) is 3.03. The van der Waals surface area contributed by atoms with Crippen LogP contribution in [0.5, 0.6) is 0 Å². The fourth-order valence-corrected chi connectivity index (χ4v) is 2.48. The van der Waals surface area contributed by atoms with Gasteiger partial charge in [0.15, 0.2) is 0 Å². The second kappa shape index (κ2) is 6.57. The molecule has 0 bridgehead atoms. The largest absolute Gasteiger partial charge is 0.345 e. The summed E-state index contributed by atoms with van der Waals surface area (Å²) in [5.74, 6) is 0. The summed E-state index contributed by atoms with van der Waals surface area (Å²) in [6, 6.07) is 6.83. The topological polar surface area (TPSA) is 48.8 Å². The van der Waals surface area contributed by atoms with Gasteiger partial charge in [0.2, 0.25) is 0 Å². The first-order chi connectivity index (χ1) is 9.28. The maximum atomic E-state index is 5.63. The molecule has 19 heavy (non-hydrogen) atoms. The van der Waals surface area contributed by atoms with Gasteiger partial charge in [-0.05, 0) is 44.0 Å². The maximum Gasteiger partial charge on any atom is 0.0821 e. The Hall–Kier alpha value is -1.55. The zero-order valence-electron chi connectivity index (χ0n) is 11.9. The lowest BCUT2D eigenvalue weighted by Crippen LogP contribution is -2.11. The van der Waals surface area contributed by atoms with E-state index in [2.05, 4.69) is 53.7 Å². The van der Waals surface area contributed by atoms with E-state index in [0.717, 1.165) is 31.5 Å². The molecule has 0 aliphatic heterocycles. The van der Waals surface area contributed by atoms with Crippen molar-refractivity contribution in [2.75, 3.05) is 6.54 Å². The van der Waals surface area contributed by atoms with Crippen LogP contribution in [0.25, 0.3) is 0 Å². The Bertz CT molecular complexity index is 494. The van der Waals surface area contributed by atoms with Crippen LogP contribution in [0.4, 0.5) is 0 Å². The molecule has 0 amide bonds. The van der Waals surface area contributed by atoms with E-state index in [1.807, 2.05) is 0 Å². The number of rotatable bonds is 7. The van der Waals surface area contributed by atoms with Gasteiger partial charge < -0.3 is 10.3 Å². The van der Waals surface area contributed by atoms with Gasteiger partial charge in [-0.1, -0.05) is 13.8 Å². The van der Waals surface area contributed by atoms with Gasteiger partial charge in [0.05, 0.1) is 18.3 Å². The lowest BCUT2D eigenvalue weighted by molar-refractivity contribution is 0.424. The first kappa shape index (κ1) is 13.9. The molecule has 2 N–H and O–H groups in total. The summed E-state index contributed by atoms with van der Waals surface area (Å²) in [5.41, 5.74) is 8.02. The Balaban J connectivity index is 2.09. The van der Waals surface area contributed by atoms with Gasteiger partial charge in [-0.25, -0.2) is 0 Å². The Morgan fingerprint density at radius 2 is 2.00 bits per heavy atom. The molecular weight excluding hydrogens is 236 g/mol. The second-order valence-corrected chi connectivity index (χ2v) is 4.92. The summed E-state index contributed by atoms with van der Waals surface area (Å²) in [4.78, 5) is 0. The Labute approximate surface area is 115 Å². The monoisotopic (exact) mass is 260 g/mol. The van der Waals surface area contributed by atoms with Crippen molar-refractivity contribution in [2.45, 2.75) is 45.7 Å². The molecular formula is C15H24N4. The number of nitrogens with two attached hydrogens (primary N) is 1. The molecule has 4 nitrogen and oxygen atoms in total. The summed E-state index contributed by atoms with van der Waals surface area (Å²) in [5, 5.41) is 4.69. The van der Waals surface area contributed by atoms with Crippen LogP contribution < -0.4 is 5.73 Å². The van der Waals surface area contributed by atoms with Gasteiger partial charge in [-0.2, -0.15) is 5.10 Å². The van der Waals surface area contributed by atoms with Crippen molar-refractivity contribution in [3.63, 3.8) is 0 Å². The molecule has 2 aromatic heterocycles. The Morgan fingerprint density at radius 1 is 1.21 bits per heavy atom. The molecule has 4 heteroatoms. The van der Waals surface area contributed by atoms with Crippen LogP contribution >= 0.6 is 0 Å². The highest BCUT2D eigenvalue weighted by molar-refractivity contribution is 5.11. The SMILES string of the molecule is CCC(CC)n1ccc(Cn2cccc2CCN)n1. The maximum absolute atomic E-state index is 5.63. The predicted molar refractivity (Wildman–Crippen MR) is 78.1 cm³/mol. The molecule has 0 fully saturated rings. The number of hydrogen-bond acceptors (Lipinski definition) is 2. The number of hydrogen-bond donors (Lipinski definition) is 1. The Morgan fingerprint density at radius 3 is 2.68 bits per heavy atom. The summed E-state index contributed by atoms with van der Waals surface area (Å²) in [7, 11) is 0. The van der Waals surface area contributed by atoms with E-state index in [9.17, 15) is 0 Å². The van der Waals surface area contributed by atoms with E-state index < -0.39 is 0 Å². The zero-order chi connectivity index (χ0) is 13.7. The quantitative estimate of drug-likeness (QED) is 0.832. The molecule has 2 rings (SSSR count). The first-order valence-corrected chi connectivity index (χ1v) is 7.16. The third kappa shape index (κ3) is 3.26. The third-order valence-corrected chi connectivity index (χ3v) is 3.64. The van der Waals surface area contributed by atoms with Crippen LogP contribution in [0.3, 0.4) is 0 Å². The van der Waals surface area contributed by atoms with Crippen LogP contribution in [0.2, 0.25) is 0 Å². The van der Waals surface area contributed by atoms with E-state index >= 15 is 0 Å². The summed E-state index contributed by atoms with van der Waals surface area (Å²) < 4.78 is 4.33. The van der Waals surface area contributed by atoms with Gasteiger partial charge in [-0.15, -0.1) is 0 Å². The van der Waals surface area contributed by atoms with Crippen molar-refractivity contribution >= 4 is 0 Å². The molecule has 0 aliphatic rings. The van der Waals surface area contributed by atoms with Crippen LogP contribution in [-0.4, -0.2) is 20.9 Å². The third-order valence-electron chi connectivity index (χ3n) is 3.64. The number of aromatic nitrogens is 3. The van der Waals surface area contributed by atoms with Gasteiger partial charge in [0.1, 0.15) is 0 Å².